The first kappa shape index (κ1) is 11.5. The predicted molar refractivity (Wildman–Crippen MR) is 57.9 cm³/mol. The second-order valence-corrected chi connectivity index (χ2v) is 4.51. The minimum atomic E-state index is 0.0553. The number of carbonyl (C=O) groups excluding carboxylic acids is 1. The number of nitrogens with one attached hydrogen (secondary N) is 1. The quantitative estimate of drug-likeness (QED) is 0.674. The maximum Gasteiger partial charge on any atom is 0.216 e. The van der Waals surface area contributed by atoms with Gasteiger partial charge in [0.05, 0.1) is 0 Å². The Hall–Kier alpha value is -0.570. The summed E-state index contributed by atoms with van der Waals surface area (Å²) in [5.74, 6) is 0.0553. The molecular weight excluding hydrogens is 176 g/mol. The van der Waals surface area contributed by atoms with Crippen LogP contribution in [-0.2, 0) is 4.79 Å². The van der Waals surface area contributed by atoms with Gasteiger partial charge in [-0.15, -0.1) is 0 Å². The van der Waals surface area contributed by atoms with Crippen molar-refractivity contribution in [1.82, 2.24) is 5.32 Å². The molecule has 1 amide bonds. The van der Waals surface area contributed by atoms with E-state index in [1.165, 1.54) is 19.3 Å². The first-order chi connectivity index (χ1) is 6.62. The molecule has 1 fully saturated rings. The first-order valence-electron chi connectivity index (χ1n) is 5.66. The summed E-state index contributed by atoms with van der Waals surface area (Å²) in [6.07, 6.45) is 8.27. The van der Waals surface area contributed by atoms with Gasteiger partial charge in [0.2, 0.25) is 5.91 Å². The van der Waals surface area contributed by atoms with Gasteiger partial charge in [0, 0.05) is 19.0 Å². The average Bonchev–Trinajstić information content (AvgIpc) is 2.14. The van der Waals surface area contributed by atoms with Crippen LogP contribution in [0.15, 0.2) is 0 Å². The van der Waals surface area contributed by atoms with Crippen LogP contribution in [0.2, 0.25) is 0 Å². The summed E-state index contributed by atoms with van der Waals surface area (Å²) in [6.45, 7) is 2.33. The van der Waals surface area contributed by atoms with Gasteiger partial charge in [0.25, 0.3) is 0 Å². The summed E-state index contributed by atoms with van der Waals surface area (Å²) < 4.78 is 0. The molecule has 0 unspecified atom stereocenters. The van der Waals surface area contributed by atoms with Gasteiger partial charge >= 0.3 is 0 Å². The van der Waals surface area contributed by atoms with Gasteiger partial charge < -0.3 is 11.1 Å². The molecule has 0 aromatic rings. The van der Waals surface area contributed by atoms with Gasteiger partial charge in [-0.3, -0.25) is 4.79 Å². The van der Waals surface area contributed by atoms with Crippen molar-refractivity contribution in [3.63, 3.8) is 0 Å². The highest BCUT2D eigenvalue weighted by Gasteiger charge is 2.26. The molecule has 0 atom stereocenters. The van der Waals surface area contributed by atoms with Crippen LogP contribution < -0.4 is 11.1 Å². The van der Waals surface area contributed by atoms with Crippen molar-refractivity contribution in [2.45, 2.75) is 57.4 Å². The van der Waals surface area contributed by atoms with Crippen molar-refractivity contribution in [3.8, 4) is 0 Å². The monoisotopic (exact) mass is 198 g/mol. The molecule has 0 spiro atoms. The normalized spacial score (nSPS) is 20.4. The molecular formula is C11H22N2O. The van der Waals surface area contributed by atoms with Gasteiger partial charge in [-0.25, -0.2) is 0 Å². The maximum absolute atomic E-state index is 10.6. The summed E-state index contributed by atoms with van der Waals surface area (Å²) in [5, 5.41) is 2.81. The highest BCUT2D eigenvalue weighted by molar-refractivity contribution is 5.72. The fourth-order valence-corrected chi connectivity index (χ4v) is 2.21. The molecule has 1 saturated carbocycles. The topological polar surface area (TPSA) is 55.1 Å². The van der Waals surface area contributed by atoms with Crippen molar-refractivity contribution in [1.29, 1.82) is 0 Å². The third kappa shape index (κ3) is 4.09. The van der Waals surface area contributed by atoms with Gasteiger partial charge in [-0.2, -0.15) is 0 Å². The summed E-state index contributed by atoms with van der Waals surface area (Å²) in [6, 6.07) is 0. The summed E-state index contributed by atoms with van der Waals surface area (Å²) in [5.41, 5.74) is 6.33. The Morgan fingerprint density at radius 2 is 2.00 bits per heavy atom. The largest absolute Gasteiger partial charge is 0.356 e. The lowest BCUT2D eigenvalue weighted by Crippen LogP contribution is -2.42. The zero-order chi connectivity index (χ0) is 10.4. The highest BCUT2D eigenvalue weighted by Crippen LogP contribution is 2.29. The van der Waals surface area contributed by atoms with E-state index in [9.17, 15) is 4.79 Å². The van der Waals surface area contributed by atoms with Crippen molar-refractivity contribution in [3.05, 3.63) is 0 Å². The number of hydrogen-bond acceptors (Lipinski definition) is 2. The molecule has 82 valence electrons. The molecule has 1 rings (SSSR count). The Labute approximate surface area is 86.4 Å². The summed E-state index contributed by atoms with van der Waals surface area (Å²) in [4.78, 5) is 10.6. The number of hydrogen-bond donors (Lipinski definition) is 2. The Bertz CT molecular complexity index is 186. The molecule has 0 radical (unpaired) electrons. The highest BCUT2D eigenvalue weighted by atomic mass is 16.1. The maximum atomic E-state index is 10.6. The molecule has 3 nitrogen and oxygen atoms in total. The van der Waals surface area contributed by atoms with Crippen molar-refractivity contribution >= 4 is 5.91 Å². The number of carbonyl (C=O) groups is 1. The molecule has 1 aliphatic rings. The SMILES string of the molecule is CC(=O)NCCCC1(N)CCCCC1. The van der Waals surface area contributed by atoms with E-state index in [1.54, 1.807) is 6.92 Å². The van der Waals surface area contributed by atoms with E-state index < -0.39 is 0 Å². The van der Waals surface area contributed by atoms with Crippen LogP contribution in [0.25, 0.3) is 0 Å². The average molecular weight is 198 g/mol. The molecule has 3 N–H and O–H groups in total. The van der Waals surface area contributed by atoms with Crippen LogP contribution in [-0.4, -0.2) is 18.0 Å². The van der Waals surface area contributed by atoms with E-state index in [2.05, 4.69) is 5.32 Å². The minimum Gasteiger partial charge on any atom is -0.356 e. The molecule has 0 bridgehead atoms. The summed E-state index contributed by atoms with van der Waals surface area (Å²) in [7, 11) is 0. The Kier molecular flexibility index (Phi) is 4.39. The Morgan fingerprint density at radius 3 is 2.57 bits per heavy atom. The second-order valence-electron chi connectivity index (χ2n) is 4.51. The first-order valence-corrected chi connectivity index (χ1v) is 5.66. The Morgan fingerprint density at radius 1 is 1.36 bits per heavy atom. The lowest BCUT2D eigenvalue weighted by Gasteiger charge is -2.33. The molecule has 0 aromatic heterocycles. The third-order valence-corrected chi connectivity index (χ3v) is 3.07. The van der Waals surface area contributed by atoms with E-state index >= 15 is 0 Å². The molecule has 1 aliphatic carbocycles. The van der Waals surface area contributed by atoms with E-state index in [0.717, 1.165) is 32.2 Å². The van der Waals surface area contributed by atoms with Crippen molar-refractivity contribution in [2.75, 3.05) is 6.54 Å². The van der Waals surface area contributed by atoms with Gasteiger partial charge in [-0.05, 0) is 25.7 Å². The molecule has 14 heavy (non-hydrogen) atoms. The van der Waals surface area contributed by atoms with E-state index in [0.29, 0.717) is 0 Å². The van der Waals surface area contributed by atoms with Crippen molar-refractivity contribution < 1.29 is 4.79 Å². The smallest absolute Gasteiger partial charge is 0.216 e. The van der Waals surface area contributed by atoms with Crippen LogP contribution in [0, 0.1) is 0 Å². The Balaban J connectivity index is 2.12. The summed E-state index contributed by atoms with van der Waals surface area (Å²) >= 11 is 0. The van der Waals surface area contributed by atoms with Crippen LogP contribution in [0.1, 0.15) is 51.9 Å². The molecule has 3 heteroatoms. The van der Waals surface area contributed by atoms with Crippen LogP contribution in [0.5, 0.6) is 0 Å². The van der Waals surface area contributed by atoms with E-state index in [4.69, 9.17) is 5.73 Å². The molecule has 0 saturated heterocycles. The van der Waals surface area contributed by atoms with Crippen LogP contribution in [0.4, 0.5) is 0 Å². The minimum absolute atomic E-state index is 0.0553. The molecule has 0 aromatic carbocycles. The van der Waals surface area contributed by atoms with Crippen LogP contribution >= 0.6 is 0 Å². The lowest BCUT2D eigenvalue weighted by atomic mass is 9.79. The molecule has 0 heterocycles. The molecule has 0 aliphatic heterocycles. The van der Waals surface area contributed by atoms with Gasteiger partial charge in [0.15, 0.2) is 0 Å². The zero-order valence-electron chi connectivity index (χ0n) is 9.14. The fraction of sp³-hybridized carbons (Fsp3) is 0.909. The predicted octanol–water partition coefficient (Wildman–Crippen LogP) is 1.56. The fourth-order valence-electron chi connectivity index (χ4n) is 2.21. The van der Waals surface area contributed by atoms with Gasteiger partial charge in [0.1, 0.15) is 0 Å². The van der Waals surface area contributed by atoms with E-state index in [1.807, 2.05) is 0 Å². The number of rotatable bonds is 4. The standard InChI is InChI=1S/C11H22N2O/c1-10(14)13-9-5-8-11(12)6-3-2-4-7-11/h2-9,12H2,1H3,(H,13,14). The second kappa shape index (κ2) is 5.35. The zero-order valence-corrected chi connectivity index (χ0v) is 9.14. The van der Waals surface area contributed by atoms with Crippen molar-refractivity contribution in [2.24, 2.45) is 5.73 Å². The van der Waals surface area contributed by atoms with Crippen LogP contribution in [0.3, 0.4) is 0 Å². The number of amides is 1. The number of nitrogens with two attached hydrogens (primary N) is 1. The lowest BCUT2D eigenvalue weighted by molar-refractivity contribution is -0.118. The van der Waals surface area contributed by atoms with E-state index in [-0.39, 0.29) is 11.4 Å². The van der Waals surface area contributed by atoms with Gasteiger partial charge in [-0.1, -0.05) is 19.3 Å². The third-order valence-electron chi connectivity index (χ3n) is 3.07.